The van der Waals surface area contributed by atoms with Gasteiger partial charge in [0, 0.05) is 12.6 Å². The van der Waals surface area contributed by atoms with Crippen molar-refractivity contribution < 1.29 is 14.3 Å². The Balaban J connectivity index is 1.55. The van der Waals surface area contributed by atoms with Crippen LogP contribution >= 0.6 is 0 Å². The monoisotopic (exact) mass is 345 g/mol. The second-order valence-corrected chi connectivity index (χ2v) is 8.15. The third kappa shape index (κ3) is 3.84. The average Bonchev–Trinajstić information content (AvgIpc) is 2.88. The van der Waals surface area contributed by atoms with E-state index in [1.165, 1.54) is 0 Å². The van der Waals surface area contributed by atoms with Crippen LogP contribution in [0.4, 0.5) is 0 Å². The zero-order valence-corrected chi connectivity index (χ0v) is 15.2. The number of hydrogen-bond acceptors (Lipinski definition) is 5. The second-order valence-electron chi connectivity index (χ2n) is 8.15. The minimum Gasteiger partial charge on any atom is -0.460 e. The number of hydrogen-bond donors (Lipinski definition) is 2. The molecule has 0 radical (unpaired) electrons. The Hall–Kier alpha value is -1.95. The number of carbonyl (C=O) groups excluding carboxylic acids is 2. The Morgan fingerprint density at radius 3 is 2.68 bits per heavy atom. The molecule has 0 aromatic carbocycles. The number of carbonyl (C=O) groups is 2. The zero-order chi connectivity index (χ0) is 18.1. The maximum atomic E-state index is 12.3. The van der Waals surface area contributed by atoms with Crippen molar-refractivity contribution in [2.75, 3.05) is 19.6 Å². The van der Waals surface area contributed by atoms with Gasteiger partial charge >= 0.3 is 5.97 Å². The van der Waals surface area contributed by atoms with Crippen molar-refractivity contribution in [1.82, 2.24) is 15.6 Å². The maximum Gasteiger partial charge on any atom is 0.312 e. The van der Waals surface area contributed by atoms with Crippen molar-refractivity contribution in [2.24, 2.45) is 5.41 Å². The van der Waals surface area contributed by atoms with Gasteiger partial charge in [0.1, 0.15) is 11.8 Å². The number of esters is 1. The highest BCUT2D eigenvalue weighted by molar-refractivity contribution is 5.92. The van der Waals surface area contributed by atoms with Crippen molar-refractivity contribution in [2.45, 2.75) is 51.6 Å². The topological polar surface area (TPSA) is 80.3 Å². The number of pyridine rings is 1. The van der Waals surface area contributed by atoms with Crippen LogP contribution in [0.3, 0.4) is 0 Å². The third-order valence-electron chi connectivity index (χ3n) is 5.24. The molecule has 136 valence electrons. The first-order valence-electron chi connectivity index (χ1n) is 8.97. The molecule has 0 aliphatic carbocycles. The van der Waals surface area contributed by atoms with Gasteiger partial charge < -0.3 is 15.4 Å². The highest BCUT2D eigenvalue weighted by Crippen LogP contribution is 2.41. The van der Waals surface area contributed by atoms with Gasteiger partial charge in [0.15, 0.2) is 0 Å². The molecule has 1 unspecified atom stereocenters. The fraction of sp³-hybridized carbons (Fsp3) is 0.632. The molecule has 0 bridgehead atoms. The number of cyclic esters (lactones) is 1. The molecule has 1 atom stereocenters. The minimum atomic E-state index is -0.354. The summed E-state index contributed by atoms with van der Waals surface area (Å²) in [6.45, 7) is 8.34. The largest absolute Gasteiger partial charge is 0.460 e. The maximum absolute atomic E-state index is 12.3. The highest BCUT2D eigenvalue weighted by Gasteiger charge is 2.49. The Kier molecular flexibility index (Phi) is 4.82. The fourth-order valence-corrected chi connectivity index (χ4v) is 3.53. The molecule has 0 saturated carbocycles. The van der Waals surface area contributed by atoms with Gasteiger partial charge in [0.25, 0.3) is 5.91 Å². The van der Waals surface area contributed by atoms with Crippen molar-refractivity contribution in [3.05, 3.63) is 29.6 Å². The van der Waals surface area contributed by atoms with Gasteiger partial charge in [-0.25, -0.2) is 0 Å². The van der Waals surface area contributed by atoms with E-state index in [-0.39, 0.29) is 28.8 Å². The van der Waals surface area contributed by atoms with Crippen molar-refractivity contribution >= 4 is 11.9 Å². The van der Waals surface area contributed by atoms with E-state index in [0.29, 0.717) is 18.7 Å². The quantitative estimate of drug-likeness (QED) is 0.817. The molecule has 2 N–H and O–H groups in total. The Morgan fingerprint density at radius 1 is 1.36 bits per heavy atom. The van der Waals surface area contributed by atoms with E-state index in [1.807, 2.05) is 6.07 Å². The minimum absolute atomic E-state index is 0.00320. The molecule has 2 aliphatic heterocycles. The second kappa shape index (κ2) is 6.75. The molecule has 1 aromatic rings. The average molecular weight is 345 g/mol. The number of amides is 1. The van der Waals surface area contributed by atoms with Crippen molar-refractivity contribution in [3.8, 4) is 0 Å². The van der Waals surface area contributed by atoms with E-state index in [9.17, 15) is 9.59 Å². The van der Waals surface area contributed by atoms with Gasteiger partial charge in [-0.15, -0.1) is 0 Å². The van der Waals surface area contributed by atoms with Crippen LogP contribution in [0.15, 0.2) is 18.3 Å². The first-order chi connectivity index (χ1) is 11.8. The van der Waals surface area contributed by atoms with E-state index in [1.54, 1.807) is 12.3 Å². The van der Waals surface area contributed by atoms with Crippen LogP contribution in [0, 0.1) is 5.41 Å². The van der Waals surface area contributed by atoms with E-state index in [0.717, 1.165) is 31.5 Å². The summed E-state index contributed by atoms with van der Waals surface area (Å²) >= 11 is 0. The smallest absolute Gasteiger partial charge is 0.312 e. The Labute approximate surface area is 148 Å². The number of nitrogens with one attached hydrogen (secondary N) is 2. The van der Waals surface area contributed by atoms with Crippen molar-refractivity contribution in [3.63, 3.8) is 0 Å². The van der Waals surface area contributed by atoms with Crippen LogP contribution in [0.2, 0.25) is 0 Å². The first-order valence-corrected chi connectivity index (χ1v) is 8.97. The molecule has 6 nitrogen and oxygen atoms in total. The van der Waals surface area contributed by atoms with Gasteiger partial charge in [-0.2, -0.15) is 0 Å². The summed E-state index contributed by atoms with van der Waals surface area (Å²) in [4.78, 5) is 28.8. The molecule has 6 heteroatoms. The van der Waals surface area contributed by atoms with E-state index >= 15 is 0 Å². The number of ether oxygens (including phenoxy) is 1. The molecule has 1 amide bonds. The lowest BCUT2D eigenvalue weighted by Crippen LogP contribution is -2.39. The van der Waals surface area contributed by atoms with Crippen LogP contribution in [0.1, 0.15) is 56.1 Å². The van der Waals surface area contributed by atoms with Gasteiger partial charge in [-0.3, -0.25) is 14.6 Å². The van der Waals surface area contributed by atoms with E-state index in [4.69, 9.17) is 4.74 Å². The lowest BCUT2D eigenvalue weighted by Gasteiger charge is -2.29. The number of aromatic nitrogens is 1. The lowest BCUT2D eigenvalue weighted by atomic mass is 9.76. The molecular weight excluding hydrogens is 318 g/mol. The van der Waals surface area contributed by atoms with Crippen LogP contribution in [0.25, 0.3) is 0 Å². The van der Waals surface area contributed by atoms with Crippen LogP contribution in [-0.4, -0.2) is 42.6 Å². The zero-order valence-electron chi connectivity index (χ0n) is 15.2. The third-order valence-corrected chi connectivity index (χ3v) is 5.24. The number of nitrogens with zero attached hydrogens (tertiary/aromatic N) is 1. The lowest BCUT2D eigenvalue weighted by molar-refractivity contribution is -0.149. The predicted octanol–water partition coefficient (Wildman–Crippen LogP) is 1.79. The van der Waals surface area contributed by atoms with E-state index in [2.05, 4.69) is 36.4 Å². The van der Waals surface area contributed by atoms with Crippen LogP contribution in [0.5, 0.6) is 0 Å². The normalized spacial score (nSPS) is 22.7. The highest BCUT2D eigenvalue weighted by atomic mass is 16.6. The summed E-state index contributed by atoms with van der Waals surface area (Å²) < 4.78 is 5.50. The van der Waals surface area contributed by atoms with Gasteiger partial charge in [-0.05, 0) is 43.0 Å². The molecule has 25 heavy (non-hydrogen) atoms. The van der Waals surface area contributed by atoms with Gasteiger partial charge in [0.2, 0.25) is 0 Å². The molecule has 1 aromatic heterocycles. The fourth-order valence-electron chi connectivity index (χ4n) is 3.53. The molecule has 2 fully saturated rings. The summed E-state index contributed by atoms with van der Waals surface area (Å²) in [6, 6.07) is 3.67. The summed E-state index contributed by atoms with van der Waals surface area (Å²) in [5.41, 5.74) is 1.12. The standard InChI is InChI=1S/C19H27N3O3/c1-18(2,3)13-4-5-15(21-11-13)16(23)22-12-14-10-19(17(24)25-14)6-8-20-9-7-19/h4-5,11,14,20H,6-10,12H2,1-3H3,(H,22,23). The SMILES string of the molecule is CC(C)(C)c1ccc(C(=O)NCC2CC3(CCNCC3)C(=O)O2)nc1. The molecule has 3 rings (SSSR count). The Morgan fingerprint density at radius 2 is 2.08 bits per heavy atom. The summed E-state index contributed by atoms with van der Waals surface area (Å²) in [7, 11) is 0. The number of rotatable bonds is 3. The summed E-state index contributed by atoms with van der Waals surface area (Å²) in [5.74, 6) is -0.344. The van der Waals surface area contributed by atoms with Crippen molar-refractivity contribution in [1.29, 1.82) is 0 Å². The first kappa shape index (κ1) is 17.9. The molecule has 1 spiro atoms. The van der Waals surface area contributed by atoms with E-state index < -0.39 is 0 Å². The summed E-state index contributed by atoms with van der Waals surface area (Å²) in [6.07, 6.45) is 3.81. The molecule has 3 heterocycles. The molecular formula is C19H27N3O3. The summed E-state index contributed by atoms with van der Waals surface area (Å²) in [5, 5.41) is 6.12. The molecule has 2 aliphatic rings. The van der Waals surface area contributed by atoms with Gasteiger partial charge in [-0.1, -0.05) is 26.8 Å². The van der Waals surface area contributed by atoms with Crippen LogP contribution < -0.4 is 10.6 Å². The van der Waals surface area contributed by atoms with Crippen LogP contribution in [-0.2, 0) is 14.9 Å². The number of piperidine rings is 1. The Bertz CT molecular complexity index is 643. The molecule has 2 saturated heterocycles. The van der Waals surface area contributed by atoms with Gasteiger partial charge in [0.05, 0.1) is 12.0 Å². The predicted molar refractivity (Wildman–Crippen MR) is 94.3 cm³/mol.